The van der Waals surface area contributed by atoms with Crippen molar-refractivity contribution in [3.63, 3.8) is 0 Å². The SMILES string of the molecule is CC.CCOc1cccc(NC(=O)c2nonc2C)c1NCc1ccncc1. The van der Waals surface area contributed by atoms with Crippen LogP contribution in [0.2, 0.25) is 0 Å². The molecule has 3 aromatic rings. The summed E-state index contributed by atoms with van der Waals surface area (Å²) < 4.78 is 10.3. The van der Waals surface area contributed by atoms with E-state index in [4.69, 9.17) is 4.74 Å². The van der Waals surface area contributed by atoms with Crippen molar-refractivity contribution in [2.24, 2.45) is 0 Å². The van der Waals surface area contributed by atoms with Crippen LogP contribution < -0.4 is 15.4 Å². The molecule has 3 rings (SSSR count). The Kier molecular flexibility index (Phi) is 7.95. The molecule has 0 atom stereocenters. The number of pyridine rings is 1. The average molecular weight is 383 g/mol. The lowest BCUT2D eigenvalue weighted by Crippen LogP contribution is -2.15. The van der Waals surface area contributed by atoms with Gasteiger partial charge in [-0.2, -0.15) is 0 Å². The molecule has 0 saturated carbocycles. The minimum Gasteiger partial charge on any atom is -0.492 e. The third-order valence-corrected chi connectivity index (χ3v) is 3.66. The first kappa shape index (κ1) is 20.9. The van der Waals surface area contributed by atoms with Gasteiger partial charge in [0, 0.05) is 18.9 Å². The molecule has 0 unspecified atom stereocenters. The number of nitrogens with one attached hydrogen (secondary N) is 2. The molecule has 1 amide bonds. The number of carbonyl (C=O) groups excluding carboxylic acids is 1. The monoisotopic (exact) mass is 383 g/mol. The average Bonchev–Trinajstić information content (AvgIpc) is 3.16. The van der Waals surface area contributed by atoms with Gasteiger partial charge < -0.3 is 15.4 Å². The third-order valence-electron chi connectivity index (χ3n) is 3.66. The molecule has 148 valence electrons. The topological polar surface area (TPSA) is 102 Å². The van der Waals surface area contributed by atoms with Crippen molar-refractivity contribution in [3.05, 3.63) is 59.7 Å². The molecule has 2 heterocycles. The van der Waals surface area contributed by atoms with Crippen LogP contribution in [0.1, 0.15) is 42.5 Å². The molecule has 2 aromatic heterocycles. The van der Waals surface area contributed by atoms with Crippen LogP contribution in [-0.4, -0.2) is 27.8 Å². The van der Waals surface area contributed by atoms with E-state index in [1.807, 2.05) is 45.0 Å². The number of amides is 1. The normalized spacial score (nSPS) is 9.86. The van der Waals surface area contributed by atoms with E-state index in [-0.39, 0.29) is 5.69 Å². The Labute approximate surface area is 164 Å². The quantitative estimate of drug-likeness (QED) is 0.634. The number of nitrogens with zero attached hydrogens (tertiary/aromatic N) is 3. The second kappa shape index (κ2) is 10.7. The third kappa shape index (κ3) is 5.29. The predicted molar refractivity (Wildman–Crippen MR) is 108 cm³/mol. The molecule has 1 aromatic carbocycles. The number of aromatic nitrogens is 3. The summed E-state index contributed by atoms with van der Waals surface area (Å²) in [5, 5.41) is 13.4. The fraction of sp³-hybridized carbons (Fsp3) is 0.300. The van der Waals surface area contributed by atoms with Crippen molar-refractivity contribution in [1.82, 2.24) is 15.3 Å². The Hall–Kier alpha value is -3.42. The van der Waals surface area contributed by atoms with Crippen molar-refractivity contribution in [2.45, 2.75) is 34.2 Å². The highest BCUT2D eigenvalue weighted by molar-refractivity contribution is 6.05. The van der Waals surface area contributed by atoms with Crippen LogP contribution >= 0.6 is 0 Å². The lowest BCUT2D eigenvalue weighted by molar-refractivity contribution is 0.101. The number of hydrogen-bond donors (Lipinski definition) is 2. The molecule has 8 heteroatoms. The van der Waals surface area contributed by atoms with Gasteiger partial charge in [-0.1, -0.05) is 25.1 Å². The van der Waals surface area contributed by atoms with Crippen LogP contribution in [-0.2, 0) is 6.54 Å². The van der Waals surface area contributed by atoms with Gasteiger partial charge in [-0.25, -0.2) is 4.63 Å². The van der Waals surface area contributed by atoms with E-state index in [2.05, 4.69) is 30.6 Å². The number of benzene rings is 1. The van der Waals surface area contributed by atoms with Crippen LogP contribution in [0.5, 0.6) is 5.75 Å². The summed E-state index contributed by atoms with van der Waals surface area (Å²) in [6.45, 7) is 8.63. The number of anilines is 2. The second-order valence-electron chi connectivity index (χ2n) is 5.47. The fourth-order valence-corrected chi connectivity index (χ4v) is 2.40. The highest BCUT2D eigenvalue weighted by Crippen LogP contribution is 2.33. The zero-order valence-corrected chi connectivity index (χ0v) is 16.5. The van der Waals surface area contributed by atoms with Gasteiger partial charge in [0.2, 0.25) is 0 Å². The molecule has 0 aliphatic heterocycles. The van der Waals surface area contributed by atoms with Crippen molar-refractivity contribution in [1.29, 1.82) is 0 Å². The maximum absolute atomic E-state index is 12.4. The van der Waals surface area contributed by atoms with E-state index < -0.39 is 5.91 Å². The van der Waals surface area contributed by atoms with Crippen molar-refractivity contribution in [2.75, 3.05) is 17.2 Å². The first-order chi connectivity index (χ1) is 13.7. The van der Waals surface area contributed by atoms with Crippen molar-refractivity contribution in [3.8, 4) is 5.75 Å². The minimum atomic E-state index is -0.399. The zero-order valence-electron chi connectivity index (χ0n) is 16.5. The number of hydrogen-bond acceptors (Lipinski definition) is 7. The van der Waals surface area contributed by atoms with Gasteiger partial charge in [-0.3, -0.25) is 9.78 Å². The molecule has 0 bridgehead atoms. The molecule has 8 nitrogen and oxygen atoms in total. The lowest BCUT2D eigenvalue weighted by atomic mass is 10.2. The highest BCUT2D eigenvalue weighted by Gasteiger charge is 2.18. The van der Waals surface area contributed by atoms with Gasteiger partial charge in [0.1, 0.15) is 17.1 Å². The summed E-state index contributed by atoms with van der Waals surface area (Å²) in [6.07, 6.45) is 3.46. The van der Waals surface area contributed by atoms with Gasteiger partial charge in [0.05, 0.1) is 12.3 Å². The Morgan fingerprint density at radius 3 is 2.54 bits per heavy atom. The molecule has 0 aliphatic carbocycles. The van der Waals surface area contributed by atoms with E-state index in [1.165, 1.54) is 0 Å². The van der Waals surface area contributed by atoms with Crippen LogP contribution in [0, 0.1) is 6.92 Å². The van der Waals surface area contributed by atoms with Gasteiger partial charge in [0.25, 0.3) is 5.91 Å². The molecule has 0 radical (unpaired) electrons. The first-order valence-corrected chi connectivity index (χ1v) is 9.18. The van der Waals surface area contributed by atoms with Crippen molar-refractivity contribution >= 4 is 17.3 Å². The van der Waals surface area contributed by atoms with E-state index in [0.29, 0.717) is 36.0 Å². The second-order valence-corrected chi connectivity index (χ2v) is 5.47. The molecule has 0 aliphatic rings. The van der Waals surface area contributed by atoms with Crippen LogP contribution in [0.3, 0.4) is 0 Å². The number of aryl methyl sites for hydroxylation is 1. The van der Waals surface area contributed by atoms with Gasteiger partial charge >= 0.3 is 0 Å². The highest BCUT2D eigenvalue weighted by atomic mass is 16.6. The number of carbonyl (C=O) groups is 1. The molecular formula is C20H25N5O3. The number of rotatable bonds is 7. The van der Waals surface area contributed by atoms with E-state index >= 15 is 0 Å². The van der Waals surface area contributed by atoms with E-state index in [0.717, 1.165) is 5.56 Å². The van der Waals surface area contributed by atoms with E-state index in [9.17, 15) is 4.79 Å². The summed E-state index contributed by atoms with van der Waals surface area (Å²) in [6, 6.07) is 9.28. The van der Waals surface area contributed by atoms with Gasteiger partial charge in [-0.05, 0) is 48.8 Å². The molecule has 0 saturated heterocycles. The minimum absolute atomic E-state index is 0.145. The Balaban J connectivity index is 0.00000136. The molecule has 28 heavy (non-hydrogen) atoms. The Morgan fingerprint density at radius 2 is 1.89 bits per heavy atom. The summed E-state index contributed by atoms with van der Waals surface area (Å²) in [7, 11) is 0. The maximum atomic E-state index is 12.4. The molecule has 0 fully saturated rings. The smallest absolute Gasteiger partial charge is 0.279 e. The van der Waals surface area contributed by atoms with Gasteiger partial charge in [0.15, 0.2) is 5.69 Å². The van der Waals surface area contributed by atoms with Gasteiger partial charge in [-0.15, -0.1) is 0 Å². The van der Waals surface area contributed by atoms with E-state index in [1.54, 1.807) is 25.4 Å². The first-order valence-electron chi connectivity index (χ1n) is 9.18. The lowest BCUT2D eigenvalue weighted by Gasteiger charge is -2.17. The summed E-state index contributed by atoms with van der Waals surface area (Å²) in [5.41, 5.74) is 2.90. The number of ether oxygens (including phenoxy) is 1. The zero-order chi connectivity index (χ0) is 20.4. The number of para-hydroxylation sites is 1. The van der Waals surface area contributed by atoms with Crippen LogP contribution in [0.15, 0.2) is 47.4 Å². The standard InChI is InChI=1S/C18H19N5O3.C2H6/c1-3-25-15-6-4-5-14(21-18(24)16-12(2)22-26-23-16)17(15)20-11-13-7-9-19-10-8-13;1-2/h4-10,20H,3,11H2,1-2H3,(H,21,24);1-2H3. The largest absolute Gasteiger partial charge is 0.492 e. The molecule has 0 spiro atoms. The Bertz CT molecular complexity index is 881. The summed E-state index contributed by atoms with van der Waals surface area (Å²) >= 11 is 0. The maximum Gasteiger partial charge on any atom is 0.279 e. The Morgan fingerprint density at radius 1 is 1.14 bits per heavy atom. The van der Waals surface area contributed by atoms with Crippen LogP contribution in [0.4, 0.5) is 11.4 Å². The summed E-state index contributed by atoms with van der Waals surface area (Å²) in [4.78, 5) is 16.5. The summed E-state index contributed by atoms with van der Waals surface area (Å²) in [5.74, 6) is 0.249. The van der Waals surface area contributed by atoms with Crippen LogP contribution in [0.25, 0.3) is 0 Å². The van der Waals surface area contributed by atoms with Crippen molar-refractivity contribution < 1.29 is 14.2 Å². The molecular weight excluding hydrogens is 358 g/mol. The predicted octanol–water partition coefficient (Wildman–Crippen LogP) is 4.06. The fourth-order valence-electron chi connectivity index (χ4n) is 2.40. The molecule has 2 N–H and O–H groups in total.